The van der Waals surface area contributed by atoms with Crippen LogP contribution in [0.5, 0.6) is 0 Å². The van der Waals surface area contributed by atoms with Crippen molar-refractivity contribution in [3.05, 3.63) is 87.7 Å². The lowest BCUT2D eigenvalue weighted by Gasteiger charge is -2.39. The van der Waals surface area contributed by atoms with Crippen molar-refractivity contribution < 1.29 is 9.59 Å². The summed E-state index contributed by atoms with van der Waals surface area (Å²) in [4.78, 5) is 26.6. The van der Waals surface area contributed by atoms with Gasteiger partial charge in [0.2, 0.25) is 0 Å². The Balaban J connectivity index is 1.81. The van der Waals surface area contributed by atoms with Crippen molar-refractivity contribution in [2.45, 2.75) is 39.5 Å². The van der Waals surface area contributed by atoms with Crippen LogP contribution in [0.25, 0.3) is 0 Å². The Hall–Kier alpha value is -2.85. The van der Waals surface area contributed by atoms with Gasteiger partial charge in [0.25, 0.3) is 5.91 Å². The van der Waals surface area contributed by atoms with Crippen molar-refractivity contribution in [3.63, 3.8) is 0 Å². The molecule has 1 amide bonds. The first-order valence-corrected chi connectivity index (χ1v) is 10.5. The molecule has 0 fully saturated rings. The van der Waals surface area contributed by atoms with E-state index in [9.17, 15) is 9.59 Å². The second-order valence-corrected chi connectivity index (χ2v) is 9.24. The Morgan fingerprint density at radius 2 is 1.73 bits per heavy atom. The molecule has 2 aromatic carbocycles. The molecule has 0 bridgehead atoms. The van der Waals surface area contributed by atoms with E-state index >= 15 is 0 Å². The SMILES string of the molecule is CC1=C(C(=O)Nc2ccccc2)[C@H](c2ccc(Cl)cc2)C2=C(CC(C)(C)CC2=O)N1. The van der Waals surface area contributed by atoms with E-state index in [-0.39, 0.29) is 17.1 Å². The molecule has 2 aliphatic rings. The van der Waals surface area contributed by atoms with Crippen LogP contribution in [0.3, 0.4) is 0 Å². The van der Waals surface area contributed by atoms with E-state index in [1.807, 2.05) is 49.4 Å². The van der Waals surface area contributed by atoms with Gasteiger partial charge in [0.05, 0.1) is 0 Å². The maximum atomic E-state index is 13.4. The number of benzene rings is 2. The van der Waals surface area contributed by atoms with E-state index in [1.54, 1.807) is 12.1 Å². The Morgan fingerprint density at radius 1 is 1.07 bits per heavy atom. The first kappa shape index (κ1) is 20.4. The Bertz CT molecular complexity index is 1070. The molecule has 0 unspecified atom stereocenters. The average molecular weight is 421 g/mol. The number of anilines is 1. The van der Waals surface area contributed by atoms with Crippen LogP contribution in [0.15, 0.2) is 77.1 Å². The zero-order valence-corrected chi connectivity index (χ0v) is 18.1. The van der Waals surface area contributed by atoms with Crippen LogP contribution in [-0.2, 0) is 9.59 Å². The van der Waals surface area contributed by atoms with E-state index in [0.29, 0.717) is 28.3 Å². The number of amides is 1. The topological polar surface area (TPSA) is 58.2 Å². The third kappa shape index (κ3) is 3.92. The van der Waals surface area contributed by atoms with E-state index in [2.05, 4.69) is 24.5 Å². The number of Topliss-reactive ketones (excluding diaryl/α,β-unsaturated/α-hetero) is 1. The first-order chi connectivity index (χ1) is 14.2. The largest absolute Gasteiger partial charge is 0.362 e. The average Bonchev–Trinajstić information content (AvgIpc) is 2.67. The number of allylic oxidation sites excluding steroid dienone is 3. The van der Waals surface area contributed by atoms with E-state index in [0.717, 1.165) is 23.4 Å². The lowest BCUT2D eigenvalue weighted by molar-refractivity contribution is -0.118. The third-order valence-corrected chi connectivity index (χ3v) is 5.97. The summed E-state index contributed by atoms with van der Waals surface area (Å²) < 4.78 is 0. The van der Waals surface area contributed by atoms with Crippen molar-refractivity contribution in [2.75, 3.05) is 5.32 Å². The van der Waals surface area contributed by atoms with Gasteiger partial charge < -0.3 is 10.6 Å². The number of halogens is 1. The standard InChI is InChI=1S/C25H25ClN2O2/c1-15-21(24(30)28-18-7-5-4-6-8-18)22(16-9-11-17(26)12-10-16)23-19(27-15)13-25(2,3)14-20(23)29/h4-12,22,27H,13-14H2,1-3H3,(H,28,30)/t22-/m0/s1. The number of dihydropyridines is 1. The molecule has 1 aliphatic carbocycles. The maximum Gasteiger partial charge on any atom is 0.254 e. The molecule has 4 nitrogen and oxygen atoms in total. The molecule has 1 aliphatic heterocycles. The van der Waals surface area contributed by atoms with Gasteiger partial charge in [-0.1, -0.05) is 55.8 Å². The zero-order chi connectivity index (χ0) is 21.5. The quantitative estimate of drug-likeness (QED) is 0.681. The fraction of sp³-hybridized carbons (Fsp3) is 0.280. The number of hydrogen-bond donors (Lipinski definition) is 2. The van der Waals surface area contributed by atoms with Crippen LogP contribution in [0.4, 0.5) is 5.69 Å². The van der Waals surface area contributed by atoms with Crippen molar-refractivity contribution in [2.24, 2.45) is 5.41 Å². The van der Waals surface area contributed by atoms with Crippen molar-refractivity contribution in [1.29, 1.82) is 0 Å². The van der Waals surface area contributed by atoms with Gasteiger partial charge in [0, 0.05) is 45.6 Å². The first-order valence-electron chi connectivity index (χ1n) is 10.1. The molecule has 0 spiro atoms. The molecular formula is C25H25ClN2O2. The molecule has 1 heterocycles. The van der Waals surface area contributed by atoms with Crippen molar-refractivity contribution in [1.82, 2.24) is 5.32 Å². The van der Waals surface area contributed by atoms with Crippen LogP contribution in [0.2, 0.25) is 5.02 Å². The molecule has 1 atom stereocenters. The molecule has 0 aromatic heterocycles. The summed E-state index contributed by atoms with van der Waals surface area (Å²) in [5, 5.41) is 6.99. The fourth-order valence-corrected chi connectivity index (χ4v) is 4.57. The predicted octanol–water partition coefficient (Wildman–Crippen LogP) is 5.58. The van der Waals surface area contributed by atoms with Crippen LogP contribution < -0.4 is 10.6 Å². The summed E-state index contributed by atoms with van der Waals surface area (Å²) in [5.41, 5.74) is 4.44. The Kier molecular flexibility index (Phi) is 5.29. The molecule has 2 N–H and O–H groups in total. The molecule has 0 saturated heterocycles. The number of ketones is 1. The summed E-state index contributed by atoms with van der Waals surface area (Å²) >= 11 is 6.11. The van der Waals surface area contributed by atoms with Gasteiger partial charge in [-0.05, 0) is 48.6 Å². The molecule has 2 aromatic rings. The second kappa shape index (κ2) is 7.77. The molecule has 154 valence electrons. The molecule has 30 heavy (non-hydrogen) atoms. The van der Waals surface area contributed by atoms with Crippen LogP contribution in [0.1, 0.15) is 45.1 Å². The highest BCUT2D eigenvalue weighted by molar-refractivity contribution is 6.30. The number of nitrogens with one attached hydrogen (secondary N) is 2. The molecule has 5 heteroatoms. The molecule has 4 rings (SSSR count). The maximum absolute atomic E-state index is 13.4. The number of para-hydroxylation sites is 1. The predicted molar refractivity (Wildman–Crippen MR) is 120 cm³/mol. The van der Waals surface area contributed by atoms with Gasteiger partial charge >= 0.3 is 0 Å². The lowest BCUT2D eigenvalue weighted by atomic mass is 9.68. The minimum atomic E-state index is -0.425. The highest BCUT2D eigenvalue weighted by atomic mass is 35.5. The zero-order valence-electron chi connectivity index (χ0n) is 17.4. The summed E-state index contributed by atoms with van der Waals surface area (Å²) in [5.74, 6) is -0.549. The molecule has 0 radical (unpaired) electrons. The summed E-state index contributed by atoms with van der Waals surface area (Å²) in [6, 6.07) is 16.8. The number of rotatable bonds is 3. The Labute approximate surface area is 182 Å². The van der Waals surface area contributed by atoms with Gasteiger partial charge in [-0.25, -0.2) is 0 Å². The van der Waals surface area contributed by atoms with Gasteiger partial charge in [0.15, 0.2) is 5.78 Å². The molecular weight excluding hydrogens is 396 g/mol. The van der Waals surface area contributed by atoms with E-state index in [4.69, 9.17) is 11.6 Å². The summed E-state index contributed by atoms with van der Waals surface area (Å²) in [6.45, 7) is 6.10. The van der Waals surface area contributed by atoms with Gasteiger partial charge in [-0.3, -0.25) is 9.59 Å². The highest BCUT2D eigenvalue weighted by Gasteiger charge is 2.42. The number of carbonyl (C=O) groups excluding carboxylic acids is 2. The smallest absolute Gasteiger partial charge is 0.254 e. The fourth-order valence-electron chi connectivity index (χ4n) is 4.45. The second-order valence-electron chi connectivity index (χ2n) is 8.80. The minimum Gasteiger partial charge on any atom is -0.362 e. The Morgan fingerprint density at radius 3 is 2.40 bits per heavy atom. The van der Waals surface area contributed by atoms with Crippen LogP contribution in [-0.4, -0.2) is 11.7 Å². The lowest BCUT2D eigenvalue weighted by Crippen LogP contribution is -2.39. The number of carbonyl (C=O) groups is 2. The third-order valence-electron chi connectivity index (χ3n) is 5.72. The highest BCUT2D eigenvalue weighted by Crippen LogP contribution is 2.46. The van der Waals surface area contributed by atoms with Crippen molar-refractivity contribution >= 4 is 29.0 Å². The number of hydrogen-bond acceptors (Lipinski definition) is 3. The summed E-state index contributed by atoms with van der Waals surface area (Å²) in [7, 11) is 0. The van der Waals surface area contributed by atoms with Gasteiger partial charge in [0.1, 0.15) is 0 Å². The monoisotopic (exact) mass is 420 g/mol. The van der Waals surface area contributed by atoms with E-state index < -0.39 is 5.92 Å². The van der Waals surface area contributed by atoms with Gasteiger partial charge in [-0.2, -0.15) is 0 Å². The van der Waals surface area contributed by atoms with Crippen LogP contribution >= 0.6 is 11.6 Å². The van der Waals surface area contributed by atoms with Crippen LogP contribution in [0, 0.1) is 5.41 Å². The van der Waals surface area contributed by atoms with Gasteiger partial charge in [-0.15, -0.1) is 0 Å². The van der Waals surface area contributed by atoms with Crippen molar-refractivity contribution in [3.8, 4) is 0 Å². The summed E-state index contributed by atoms with van der Waals surface area (Å²) in [6.07, 6.45) is 1.23. The minimum absolute atomic E-state index is 0.0891. The normalized spacial score (nSPS) is 20.5. The molecule has 0 saturated carbocycles. The van der Waals surface area contributed by atoms with E-state index in [1.165, 1.54) is 0 Å².